The van der Waals surface area contributed by atoms with Crippen LogP contribution in [0.25, 0.3) is 0 Å². The number of hydrogen-bond donors (Lipinski definition) is 0. The van der Waals surface area contributed by atoms with Crippen LogP contribution in [0.5, 0.6) is 0 Å². The standard InChI is InChI=1S/C15H18O2/c1-10-11-6-2-3-8-13(11)15(16)17-14-9-5-4-7-12(10)14/h2-3,6,8,10,12,14H,4-5,7,9H2,1H3. The zero-order chi connectivity index (χ0) is 11.8. The molecule has 3 unspecified atom stereocenters. The van der Waals surface area contributed by atoms with Gasteiger partial charge in [-0.2, -0.15) is 0 Å². The molecule has 2 aliphatic rings. The Bertz CT molecular complexity index is 438. The maximum Gasteiger partial charge on any atom is 0.338 e. The molecule has 1 aromatic rings. The van der Waals surface area contributed by atoms with E-state index in [1.54, 1.807) is 0 Å². The lowest BCUT2D eigenvalue weighted by atomic mass is 9.76. The highest BCUT2D eigenvalue weighted by molar-refractivity contribution is 5.91. The van der Waals surface area contributed by atoms with Crippen molar-refractivity contribution in [2.75, 3.05) is 0 Å². The van der Waals surface area contributed by atoms with Gasteiger partial charge in [0.15, 0.2) is 0 Å². The molecule has 0 N–H and O–H groups in total. The minimum absolute atomic E-state index is 0.123. The van der Waals surface area contributed by atoms with Gasteiger partial charge < -0.3 is 4.74 Å². The van der Waals surface area contributed by atoms with Crippen LogP contribution in [-0.2, 0) is 4.74 Å². The molecule has 0 saturated heterocycles. The lowest BCUT2D eigenvalue weighted by Gasteiger charge is -2.32. The summed E-state index contributed by atoms with van der Waals surface area (Å²) in [7, 11) is 0. The van der Waals surface area contributed by atoms with Crippen LogP contribution in [-0.4, -0.2) is 12.1 Å². The molecule has 0 radical (unpaired) electrons. The first-order valence-corrected chi connectivity index (χ1v) is 6.57. The van der Waals surface area contributed by atoms with Gasteiger partial charge in [-0.05, 0) is 36.8 Å². The smallest absolute Gasteiger partial charge is 0.338 e. The second-order valence-electron chi connectivity index (χ2n) is 5.27. The van der Waals surface area contributed by atoms with E-state index in [0.717, 1.165) is 12.0 Å². The summed E-state index contributed by atoms with van der Waals surface area (Å²) >= 11 is 0. The van der Waals surface area contributed by atoms with Gasteiger partial charge in [0.05, 0.1) is 5.56 Å². The maximum atomic E-state index is 12.1. The number of benzene rings is 1. The fourth-order valence-electron chi connectivity index (χ4n) is 3.36. The number of ether oxygens (including phenoxy) is 1. The van der Waals surface area contributed by atoms with Crippen molar-refractivity contribution in [2.45, 2.75) is 44.6 Å². The molecule has 1 aromatic carbocycles. The molecule has 3 atom stereocenters. The van der Waals surface area contributed by atoms with Gasteiger partial charge in [-0.3, -0.25) is 0 Å². The minimum atomic E-state index is -0.123. The minimum Gasteiger partial charge on any atom is -0.458 e. The molecule has 90 valence electrons. The van der Waals surface area contributed by atoms with Crippen LogP contribution < -0.4 is 0 Å². The van der Waals surface area contributed by atoms with Crippen molar-refractivity contribution in [2.24, 2.45) is 5.92 Å². The van der Waals surface area contributed by atoms with Crippen LogP contribution in [0.15, 0.2) is 24.3 Å². The van der Waals surface area contributed by atoms with Crippen molar-refractivity contribution < 1.29 is 9.53 Å². The summed E-state index contributed by atoms with van der Waals surface area (Å²) < 4.78 is 5.67. The molecule has 2 heteroatoms. The van der Waals surface area contributed by atoms with Gasteiger partial charge in [-0.25, -0.2) is 4.79 Å². The first kappa shape index (κ1) is 10.8. The molecule has 0 aromatic heterocycles. The summed E-state index contributed by atoms with van der Waals surface area (Å²) in [5.74, 6) is 0.821. The fourth-order valence-corrected chi connectivity index (χ4v) is 3.36. The molecule has 2 nitrogen and oxygen atoms in total. The second-order valence-corrected chi connectivity index (χ2v) is 5.27. The lowest BCUT2D eigenvalue weighted by Crippen LogP contribution is -2.30. The van der Waals surface area contributed by atoms with Gasteiger partial charge in [0.1, 0.15) is 6.10 Å². The van der Waals surface area contributed by atoms with E-state index in [0.29, 0.717) is 11.8 Å². The quantitative estimate of drug-likeness (QED) is 0.637. The van der Waals surface area contributed by atoms with Crippen molar-refractivity contribution in [3.63, 3.8) is 0 Å². The number of rotatable bonds is 0. The molecule has 1 heterocycles. The van der Waals surface area contributed by atoms with Gasteiger partial charge in [-0.15, -0.1) is 0 Å². The zero-order valence-electron chi connectivity index (χ0n) is 10.2. The molecule has 0 amide bonds. The molecule has 1 aliphatic carbocycles. The first-order valence-electron chi connectivity index (χ1n) is 6.57. The van der Waals surface area contributed by atoms with E-state index in [1.807, 2.05) is 18.2 Å². The lowest BCUT2D eigenvalue weighted by molar-refractivity contribution is 0.00124. The topological polar surface area (TPSA) is 26.3 Å². The van der Waals surface area contributed by atoms with E-state index in [4.69, 9.17) is 4.74 Å². The van der Waals surface area contributed by atoms with Crippen LogP contribution in [0, 0.1) is 5.92 Å². The van der Waals surface area contributed by atoms with Crippen LogP contribution in [0.4, 0.5) is 0 Å². The molecular weight excluding hydrogens is 212 g/mol. The molecule has 17 heavy (non-hydrogen) atoms. The maximum absolute atomic E-state index is 12.1. The van der Waals surface area contributed by atoms with Gasteiger partial charge in [0, 0.05) is 5.92 Å². The van der Waals surface area contributed by atoms with E-state index in [1.165, 1.54) is 24.8 Å². The van der Waals surface area contributed by atoms with Gasteiger partial charge >= 0.3 is 5.97 Å². The number of hydrogen-bond acceptors (Lipinski definition) is 2. The van der Waals surface area contributed by atoms with Gasteiger partial charge in [0.2, 0.25) is 0 Å². The van der Waals surface area contributed by atoms with Crippen molar-refractivity contribution in [3.8, 4) is 0 Å². The molecular formula is C15H18O2. The summed E-state index contributed by atoms with van der Waals surface area (Å²) in [4.78, 5) is 12.1. The molecule has 0 bridgehead atoms. The van der Waals surface area contributed by atoms with E-state index in [-0.39, 0.29) is 12.1 Å². The van der Waals surface area contributed by atoms with E-state index >= 15 is 0 Å². The Kier molecular flexibility index (Phi) is 2.65. The highest BCUT2D eigenvalue weighted by Gasteiger charge is 2.37. The number of carbonyl (C=O) groups excluding carboxylic acids is 1. The van der Waals surface area contributed by atoms with Crippen molar-refractivity contribution in [1.82, 2.24) is 0 Å². The first-order chi connectivity index (χ1) is 8.27. The normalized spacial score (nSPS) is 32.1. The Balaban J connectivity index is 2.05. The summed E-state index contributed by atoms with van der Waals surface area (Å²) in [6.45, 7) is 2.24. The van der Waals surface area contributed by atoms with E-state index in [2.05, 4.69) is 13.0 Å². The summed E-state index contributed by atoms with van der Waals surface area (Å²) in [5.41, 5.74) is 1.95. The van der Waals surface area contributed by atoms with Crippen LogP contribution in [0.3, 0.4) is 0 Å². The Morgan fingerprint density at radius 2 is 1.94 bits per heavy atom. The Morgan fingerprint density at radius 3 is 2.82 bits per heavy atom. The number of carbonyl (C=O) groups is 1. The molecule has 1 aliphatic heterocycles. The average Bonchev–Trinajstić information content (AvgIpc) is 2.48. The van der Waals surface area contributed by atoms with Crippen molar-refractivity contribution >= 4 is 5.97 Å². The predicted molar refractivity (Wildman–Crippen MR) is 66.0 cm³/mol. The third-order valence-electron chi connectivity index (χ3n) is 4.33. The zero-order valence-corrected chi connectivity index (χ0v) is 10.2. The van der Waals surface area contributed by atoms with Crippen LogP contribution in [0.1, 0.15) is 54.4 Å². The van der Waals surface area contributed by atoms with Gasteiger partial charge in [0.25, 0.3) is 0 Å². The molecule has 1 fully saturated rings. The predicted octanol–water partition coefficient (Wildman–Crippen LogP) is 3.52. The largest absolute Gasteiger partial charge is 0.458 e. The Hall–Kier alpha value is -1.31. The van der Waals surface area contributed by atoms with E-state index in [9.17, 15) is 4.79 Å². The third-order valence-corrected chi connectivity index (χ3v) is 4.33. The Labute approximate surface area is 102 Å². The molecule has 3 rings (SSSR count). The summed E-state index contributed by atoms with van der Waals surface area (Å²) in [5, 5.41) is 0. The fraction of sp³-hybridized carbons (Fsp3) is 0.533. The highest BCUT2D eigenvalue weighted by atomic mass is 16.5. The second kappa shape index (κ2) is 4.17. The SMILES string of the molecule is CC1c2ccccc2C(=O)OC2CCCCC21. The monoisotopic (exact) mass is 230 g/mol. The van der Waals surface area contributed by atoms with Crippen molar-refractivity contribution in [3.05, 3.63) is 35.4 Å². The highest BCUT2D eigenvalue weighted by Crippen LogP contribution is 2.41. The summed E-state index contributed by atoms with van der Waals surface area (Å²) in [6.07, 6.45) is 4.82. The van der Waals surface area contributed by atoms with Gasteiger partial charge in [-0.1, -0.05) is 31.5 Å². The molecule has 1 saturated carbocycles. The summed E-state index contributed by atoms with van der Waals surface area (Å²) in [6, 6.07) is 7.91. The van der Waals surface area contributed by atoms with Crippen LogP contribution in [0.2, 0.25) is 0 Å². The van der Waals surface area contributed by atoms with Crippen LogP contribution >= 0.6 is 0 Å². The number of esters is 1. The Morgan fingerprint density at radius 1 is 1.18 bits per heavy atom. The van der Waals surface area contributed by atoms with Crippen molar-refractivity contribution in [1.29, 1.82) is 0 Å². The number of fused-ring (bicyclic) bond motifs is 2. The third kappa shape index (κ3) is 1.76. The average molecular weight is 230 g/mol. The molecule has 0 spiro atoms. The van der Waals surface area contributed by atoms with E-state index < -0.39 is 0 Å².